The van der Waals surface area contributed by atoms with E-state index >= 15 is 0 Å². The van der Waals surface area contributed by atoms with Crippen molar-refractivity contribution < 1.29 is 0 Å². The lowest BCUT2D eigenvalue weighted by atomic mass is 10.1. The Kier molecular flexibility index (Phi) is 6.90. The van der Waals surface area contributed by atoms with Gasteiger partial charge in [-0.3, -0.25) is 4.90 Å². The second-order valence-corrected chi connectivity index (χ2v) is 6.47. The van der Waals surface area contributed by atoms with Crippen LogP contribution in [-0.2, 0) is 6.54 Å². The van der Waals surface area contributed by atoms with Crippen LogP contribution in [0.4, 0.5) is 0 Å². The number of hydrogen-bond acceptors (Lipinski definition) is 2. The molecular formula is C15H25BrN2. The van der Waals surface area contributed by atoms with Gasteiger partial charge in [0.05, 0.1) is 0 Å². The van der Waals surface area contributed by atoms with Crippen molar-refractivity contribution in [3.8, 4) is 0 Å². The molecule has 0 aliphatic heterocycles. The SMILES string of the molecule is CC(C)CN(CCN(C)C)Cc1ccc(Br)cc1. The fraction of sp³-hybridized carbons (Fsp3) is 0.600. The van der Waals surface area contributed by atoms with Gasteiger partial charge in [-0.05, 0) is 37.7 Å². The van der Waals surface area contributed by atoms with E-state index in [0.29, 0.717) is 5.92 Å². The van der Waals surface area contributed by atoms with Crippen molar-refractivity contribution in [3.05, 3.63) is 34.3 Å². The van der Waals surface area contributed by atoms with Gasteiger partial charge in [0.15, 0.2) is 0 Å². The van der Waals surface area contributed by atoms with Crippen molar-refractivity contribution in [2.24, 2.45) is 5.92 Å². The molecule has 3 heteroatoms. The van der Waals surface area contributed by atoms with Crippen LogP contribution in [0.3, 0.4) is 0 Å². The van der Waals surface area contributed by atoms with E-state index in [1.807, 2.05) is 0 Å². The lowest BCUT2D eigenvalue weighted by molar-refractivity contribution is 0.212. The van der Waals surface area contributed by atoms with Crippen molar-refractivity contribution in [1.82, 2.24) is 9.80 Å². The molecule has 0 bridgehead atoms. The maximum atomic E-state index is 3.48. The van der Waals surface area contributed by atoms with Gasteiger partial charge in [0, 0.05) is 30.7 Å². The number of nitrogens with zero attached hydrogens (tertiary/aromatic N) is 2. The first-order chi connectivity index (χ1) is 8.47. The highest BCUT2D eigenvalue weighted by molar-refractivity contribution is 9.10. The Hall–Kier alpha value is -0.380. The number of rotatable bonds is 7. The molecule has 18 heavy (non-hydrogen) atoms. The minimum atomic E-state index is 0.711. The molecule has 0 radical (unpaired) electrons. The molecule has 0 saturated carbocycles. The van der Waals surface area contributed by atoms with E-state index in [-0.39, 0.29) is 0 Å². The minimum absolute atomic E-state index is 0.711. The van der Waals surface area contributed by atoms with Crippen LogP contribution < -0.4 is 0 Å². The summed E-state index contributed by atoms with van der Waals surface area (Å²) in [5.41, 5.74) is 1.39. The maximum Gasteiger partial charge on any atom is 0.0234 e. The molecule has 0 saturated heterocycles. The molecule has 0 aliphatic rings. The van der Waals surface area contributed by atoms with Gasteiger partial charge in [-0.15, -0.1) is 0 Å². The lowest BCUT2D eigenvalue weighted by Crippen LogP contribution is -2.33. The maximum absolute atomic E-state index is 3.48. The highest BCUT2D eigenvalue weighted by Gasteiger charge is 2.08. The molecule has 0 amide bonds. The summed E-state index contributed by atoms with van der Waals surface area (Å²) in [4.78, 5) is 4.78. The number of hydrogen-bond donors (Lipinski definition) is 0. The molecule has 1 aromatic carbocycles. The van der Waals surface area contributed by atoms with Crippen LogP contribution in [0, 0.1) is 5.92 Å². The Balaban J connectivity index is 2.56. The van der Waals surface area contributed by atoms with Crippen LogP contribution in [0.25, 0.3) is 0 Å². The smallest absolute Gasteiger partial charge is 0.0234 e. The molecule has 2 nitrogen and oxygen atoms in total. The van der Waals surface area contributed by atoms with Gasteiger partial charge >= 0.3 is 0 Å². The second-order valence-electron chi connectivity index (χ2n) is 5.56. The standard InChI is InChI=1S/C15H25BrN2/c1-13(2)11-18(10-9-17(3)4)12-14-5-7-15(16)8-6-14/h5-8,13H,9-12H2,1-4H3. The quantitative estimate of drug-likeness (QED) is 0.760. The van der Waals surface area contributed by atoms with Crippen molar-refractivity contribution in [2.75, 3.05) is 33.7 Å². The molecular weight excluding hydrogens is 288 g/mol. The first-order valence-corrected chi connectivity index (χ1v) is 7.38. The third-order valence-corrected chi connectivity index (χ3v) is 3.33. The van der Waals surface area contributed by atoms with Crippen LogP contribution >= 0.6 is 15.9 Å². The summed E-state index contributed by atoms with van der Waals surface area (Å²) in [5, 5.41) is 0. The summed E-state index contributed by atoms with van der Waals surface area (Å²) < 4.78 is 1.15. The Morgan fingerprint density at radius 3 is 2.17 bits per heavy atom. The number of benzene rings is 1. The molecule has 0 aliphatic carbocycles. The van der Waals surface area contributed by atoms with E-state index in [1.165, 1.54) is 5.56 Å². The van der Waals surface area contributed by atoms with Crippen molar-refractivity contribution in [2.45, 2.75) is 20.4 Å². The Labute approximate surface area is 120 Å². The Morgan fingerprint density at radius 2 is 1.67 bits per heavy atom. The van der Waals surface area contributed by atoms with Crippen LogP contribution in [0.5, 0.6) is 0 Å². The molecule has 102 valence electrons. The highest BCUT2D eigenvalue weighted by Crippen LogP contribution is 2.13. The zero-order valence-electron chi connectivity index (χ0n) is 12.0. The molecule has 0 N–H and O–H groups in total. The monoisotopic (exact) mass is 312 g/mol. The van der Waals surface area contributed by atoms with Gasteiger partial charge in [-0.2, -0.15) is 0 Å². The largest absolute Gasteiger partial charge is 0.308 e. The lowest BCUT2D eigenvalue weighted by Gasteiger charge is -2.26. The summed E-state index contributed by atoms with van der Waals surface area (Å²) in [7, 11) is 4.26. The fourth-order valence-electron chi connectivity index (χ4n) is 1.94. The van der Waals surface area contributed by atoms with Gasteiger partial charge in [0.1, 0.15) is 0 Å². The normalized spacial score (nSPS) is 11.8. The van der Waals surface area contributed by atoms with Gasteiger partial charge in [0.2, 0.25) is 0 Å². The molecule has 0 aromatic heterocycles. The number of halogens is 1. The topological polar surface area (TPSA) is 6.48 Å². The third kappa shape index (κ3) is 6.53. The van der Waals surface area contributed by atoms with Gasteiger partial charge in [0.25, 0.3) is 0 Å². The molecule has 0 spiro atoms. The van der Waals surface area contributed by atoms with E-state index < -0.39 is 0 Å². The van der Waals surface area contributed by atoms with Crippen LogP contribution in [0.1, 0.15) is 19.4 Å². The van der Waals surface area contributed by atoms with Crippen molar-refractivity contribution >= 4 is 15.9 Å². The van der Waals surface area contributed by atoms with E-state index in [1.54, 1.807) is 0 Å². The average Bonchev–Trinajstić information content (AvgIpc) is 2.28. The fourth-order valence-corrected chi connectivity index (χ4v) is 2.21. The second kappa shape index (κ2) is 7.93. The summed E-state index contributed by atoms with van der Waals surface area (Å²) in [5.74, 6) is 0.711. The molecule has 0 fully saturated rings. The molecule has 1 aromatic rings. The first kappa shape index (κ1) is 15.7. The predicted molar refractivity (Wildman–Crippen MR) is 82.8 cm³/mol. The Bertz CT molecular complexity index is 333. The van der Waals surface area contributed by atoms with Gasteiger partial charge in [-0.25, -0.2) is 0 Å². The van der Waals surface area contributed by atoms with Crippen LogP contribution in [0.15, 0.2) is 28.7 Å². The summed E-state index contributed by atoms with van der Waals surface area (Å²) in [6, 6.07) is 8.64. The molecule has 0 unspecified atom stereocenters. The van der Waals surface area contributed by atoms with E-state index in [9.17, 15) is 0 Å². The van der Waals surface area contributed by atoms with E-state index in [4.69, 9.17) is 0 Å². The average molecular weight is 313 g/mol. The van der Waals surface area contributed by atoms with Gasteiger partial charge in [-0.1, -0.05) is 41.9 Å². The third-order valence-electron chi connectivity index (χ3n) is 2.81. The van der Waals surface area contributed by atoms with Crippen LogP contribution in [0.2, 0.25) is 0 Å². The van der Waals surface area contributed by atoms with E-state index in [0.717, 1.165) is 30.7 Å². The molecule has 1 rings (SSSR count). The Morgan fingerprint density at radius 1 is 1.06 bits per heavy atom. The molecule has 0 atom stereocenters. The summed E-state index contributed by atoms with van der Waals surface area (Å²) in [6.45, 7) is 9.00. The zero-order valence-corrected chi connectivity index (χ0v) is 13.6. The summed E-state index contributed by atoms with van der Waals surface area (Å²) >= 11 is 3.48. The minimum Gasteiger partial charge on any atom is -0.308 e. The number of likely N-dealkylation sites (N-methyl/N-ethyl adjacent to an activating group) is 1. The van der Waals surface area contributed by atoms with Crippen LogP contribution in [-0.4, -0.2) is 43.5 Å². The predicted octanol–water partition coefficient (Wildman–Crippen LogP) is 3.47. The van der Waals surface area contributed by atoms with Crippen molar-refractivity contribution in [3.63, 3.8) is 0 Å². The first-order valence-electron chi connectivity index (χ1n) is 6.59. The van der Waals surface area contributed by atoms with Crippen molar-refractivity contribution in [1.29, 1.82) is 0 Å². The highest BCUT2D eigenvalue weighted by atomic mass is 79.9. The van der Waals surface area contributed by atoms with E-state index in [2.05, 4.69) is 77.9 Å². The van der Waals surface area contributed by atoms with Gasteiger partial charge < -0.3 is 4.90 Å². The zero-order chi connectivity index (χ0) is 13.5. The molecule has 0 heterocycles. The summed E-state index contributed by atoms with van der Waals surface area (Å²) in [6.07, 6.45) is 0.